The van der Waals surface area contributed by atoms with E-state index in [-0.39, 0.29) is 29.8 Å². The summed E-state index contributed by atoms with van der Waals surface area (Å²) in [6.07, 6.45) is 1.12. The number of amides is 3. The van der Waals surface area contributed by atoms with Crippen molar-refractivity contribution in [2.24, 2.45) is 5.41 Å². The van der Waals surface area contributed by atoms with E-state index >= 15 is 0 Å². The van der Waals surface area contributed by atoms with Crippen molar-refractivity contribution in [3.8, 4) is 11.5 Å². The second kappa shape index (κ2) is 10.8. The van der Waals surface area contributed by atoms with E-state index in [1.807, 2.05) is 96.4 Å². The summed E-state index contributed by atoms with van der Waals surface area (Å²) in [6.45, 7) is 5.44. The van der Waals surface area contributed by atoms with Crippen molar-refractivity contribution in [3.05, 3.63) is 96.2 Å². The van der Waals surface area contributed by atoms with Gasteiger partial charge in [0.2, 0.25) is 5.91 Å². The number of nitrogens with zero attached hydrogens (tertiary/aromatic N) is 2. The van der Waals surface area contributed by atoms with Crippen LogP contribution >= 0.6 is 0 Å². The van der Waals surface area contributed by atoms with Gasteiger partial charge in [-0.25, -0.2) is 0 Å². The van der Waals surface area contributed by atoms with Crippen molar-refractivity contribution in [1.82, 2.24) is 20.1 Å². The van der Waals surface area contributed by atoms with Crippen LogP contribution < -0.4 is 10.1 Å². The monoisotopic (exact) mass is 550 g/mol. The molecule has 2 fully saturated rings. The topological polar surface area (TPSA) is 94.7 Å². The first-order valence-corrected chi connectivity index (χ1v) is 14.1. The van der Waals surface area contributed by atoms with Crippen LogP contribution in [-0.2, 0) is 4.79 Å². The Balaban J connectivity index is 1.00. The SMILES string of the molecule is CC(C)(CNC(=O)c1cc2ccccc2[nH]1)CC(=O)N1C[C@@H]2C[C@H]1CN2C(=O)c1ccc(Oc2ccccc2)cc1. The highest BCUT2D eigenvalue weighted by molar-refractivity contribution is 5.98. The van der Waals surface area contributed by atoms with Gasteiger partial charge in [-0.1, -0.05) is 50.2 Å². The second-order valence-corrected chi connectivity index (χ2v) is 11.8. The lowest BCUT2D eigenvalue weighted by Gasteiger charge is -2.36. The maximum atomic E-state index is 13.3. The van der Waals surface area contributed by atoms with E-state index in [0.717, 1.165) is 23.1 Å². The third kappa shape index (κ3) is 5.68. The van der Waals surface area contributed by atoms with Crippen molar-refractivity contribution >= 4 is 28.6 Å². The molecule has 0 unspecified atom stereocenters. The van der Waals surface area contributed by atoms with Crippen molar-refractivity contribution in [3.63, 3.8) is 0 Å². The van der Waals surface area contributed by atoms with Gasteiger partial charge in [0.15, 0.2) is 0 Å². The maximum Gasteiger partial charge on any atom is 0.267 e. The quantitative estimate of drug-likeness (QED) is 0.314. The Hall–Kier alpha value is -4.59. The number of para-hydroxylation sites is 2. The number of aromatic nitrogens is 1. The highest BCUT2D eigenvalue weighted by atomic mass is 16.5. The summed E-state index contributed by atoms with van der Waals surface area (Å²) < 4.78 is 5.84. The van der Waals surface area contributed by atoms with Gasteiger partial charge in [-0.3, -0.25) is 14.4 Å². The van der Waals surface area contributed by atoms with Crippen LogP contribution in [0.15, 0.2) is 84.9 Å². The summed E-state index contributed by atoms with van der Waals surface area (Å²) in [6, 6.07) is 26.4. The molecule has 0 aliphatic carbocycles. The number of hydrogen-bond donors (Lipinski definition) is 2. The van der Waals surface area contributed by atoms with Gasteiger partial charge in [-0.15, -0.1) is 0 Å². The van der Waals surface area contributed by atoms with E-state index in [0.29, 0.717) is 43.1 Å². The molecule has 2 aliphatic rings. The molecule has 3 aromatic carbocycles. The molecule has 2 N–H and O–H groups in total. The van der Waals surface area contributed by atoms with Crippen LogP contribution in [0.1, 0.15) is 47.5 Å². The Morgan fingerprint density at radius 1 is 0.878 bits per heavy atom. The molecule has 3 amide bonds. The number of likely N-dealkylation sites (tertiary alicyclic amines) is 2. The number of hydrogen-bond acceptors (Lipinski definition) is 4. The average Bonchev–Trinajstić information content (AvgIpc) is 3.71. The number of aromatic amines is 1. The van der Waals surface area contributed by atoms with Gasteiger partial charge >= 0.3 is 0 Å². The molecule has 2 saturated heterocycles. The van der Waals surface area contributed by atoms with E-state index < -0.39 is 5.41 Å². The average molecular weight is 551 g/mol. The lowest BCUT2D eigenvalue weighted by Crippen LogP contribution is -2.51. The van der Waals surface area contributed by atoms with Crippen molar-refractivity contribution in [2.75, 3.05) is 19.6 Å². The molecule has 0 radical (unpaired) electrons. The highest BCUT2D eigenvalue weighted by Gasteiger charge is 2.47. The maximum absolute atomic E-state index is 13.3. The molecule has 210 valence electrons. The van der Waals surface area contributed by atoms with Crippen molar-refractivity contribution < 1.29 is 19.1 Å². The van der Waals surface area contributed by atoms with Crippen LogP contribution in [0.2, 0.25) is 0 Å². The van der Waals surface area contributed by atoms with Crippen LogP contribution in [0.5, 0.6) is 11.5 Å². The Kier molecular flexibility index (Phi) is 6.99. The number of carbonyl (C=O) groups excluding carboxylic acids is 3. The Bertz CT molecular complexity index is 1540. The lowest BCUT2D eigenvalue weighted by molar-refractivity contribution is -0.135. The fraction of sp³-hybridized carbons (Fsp3) is 0.303. The molecule has 2 atom stereocenters. The second-order valence-electron chi connectivity index (χ2n) is 11.8. The molecular weight excluding hydrogens is 516 g/mol. The van der Waals surface area contributed by atoms with Gasteiger partial charge in [-0.2, -0.15) is 0 Å². The molecule has 2 bridgehead atoms. The molecule has 6 rings (SSSR count). The zero-order valence-electron chi connectivity index (χ0n) is 23.3. The molecule has 41 heavy (non-hydrogen) atoms. The number of H-pyrrole nitrogens is 1. The third-order valence-corrected chi connectivity index (χ3v) is 8.03. The van der Waals surface area contributed by atoms with E-state index in [1.54, 1.807) is 12.1 Å². The molecule has 8 nitrogen and oxygen atoms in total. The zero-order valence-corrected chi connectivity index (χ0v) is 23.3. The number of benzene rings is 3. The third-order valence-electron chi connectivity index (χ3n) is 8.03. The van der Waals surface area contributed by atoms with Crippen LogP contribution in [-0.4, -0.2) is 64.2 Å². The van der Waals surface area contributed by atoms with Crippen LogP contribution in [0.4, 0.5) is 0 Å². The zero-order chi connectivity index (χ0) is 28.6. The standard InChI is InChI=1S/C33H34N4O4/c1-33(2,21-34-31(39)29-16-23-8-6-7-11-28(23)35-29)18-30(38)36-19-25-17-24(36)20-37(25)32(40)22-12-14-27(15-13-22)41-26-9-4-3-5-10-26/h3-16,24-25,35H,17-21H2,1-2H3,(H,34,39)/t24-,25-/m0/s1. The van der Waals surface area contributed by atoms with Crippen LogP contribution in [0.3, 0.4) is 0 Å². The first kappa shape index (κ1) is 26.6. The molecule has 2 aliphatic heterocycles. The lowest BCUT2D eigenvalue weighted by atomic mass is 9.88. The molecule has 3 heterocycles. The van der Waals surface area contributed by atoms with Crippen molar-refractivity contribution in [1.29, 1.82) is 0 Å². The van der Waals surface area contributed by atoms with Gasteiger partial charge in [-0.05, 0) is 60.4 Å². The number of ether oxygens (including phenoxy) is 1. The summed E-state index contributed by atoms with van der Waals surface area (Å²) in [5, 5.41) is 3.97. The van der Waals surface area contributed by atoms with Crippen LogP contribution in [0, 0.1) is 5.41 Å². The van der Waals surface area contributed by atoms with Crippen LogP contribution in [0.25, 0.3) is 10.9 Å². The van der Waals surface area contributed by atoms with E-state index in [4.69, 9.17) is 4.74 Å². The summed E-state index contributed by atoms with van der Waals surface area (Å²) in [7, 11) is 0. The normalized spacial score (nSPS) is 18.1. The minimum absolute atomic E-state index is 0.0153. The summed E-state index contributed by atoms with van der Waals surface area (Å²) in [5.41, 5.74) is 1.62. The van der Waals surface area contributed by atoms with Gasteiger partial charge in [0.1, 0.15) is 17.2 Å². The molecule has 8 heteroatoms. The fourth-order valence-corrected chi connectivity index (χ4v) is 5.86. The number of nitrogens with one attached hydrogen (secondary N) is 2. The van der Waals surface area contributed by atoms with Gasteiger partial charge in [0.25, 0.3) is 11.8 Å². The molecule has 0 saturated carbocycles. The smallest absolute Gasteiger partial charge is 0.267 e. The minimum Gasteiger partial charge on any atom is -0.457 e. The molecule has 1 aromatic heterocycles. The Labute approximate surface area is 239 Å². The number of carbonyl (C=O) groups is 3. The molecular formula is C33H34N4O4. The first-order chi connectivity index (χ1) is 19.8. The van der Waals surface area contributed by atoms with E-state index in [1.165, 1.54) is 0 Å². The molecule has 4 aromatic rings. The molecule has 0 spiro atoms. The summed E-state index contributed by atoms with van der Waals surface area (Å²) in [4.78, 5) is 46.3. The van der Waals surface area contributed by atoms with E-state index in [9.17, 15) is 14.4 Å². The first-order valence-electron chi connectivity index (χ1n) is 14.1. The summed E-state index contributed by atoms with van der Waals surface area (Å²) >= 11 is 0. The fourth-order valence-electron chi connectivity index (χ4n) is 5.86. The van der Waals surface area contributed by atoms with Gasteiger partial charge in [0.05, 0.1) is 12.1 Å². The Morgan fingerprint density at radius 2 is 1.54 bits per heavy atom. The largest absolute Gasteiger partial charge is 0.457 e. The van der Waals surface area contributed by atoms with Gasteiger partial charge in [0, 0.05) is 42.5 Å². The predicted octanol–water partition coefficient (Wildman–Crippen LogP) is 5.23. The van der Waals surface area contributed by atoms with Crippen molar-refractivity contribution in [2.45, 2.75) is 38.8 Å². The summed E-state index contributed by atoms with van der Waals surface area (Å²) in [5.74, 6) is 1.28. The number of rotatable bonds is 8. The number of piperazine rings is 1. The Morgan fingerprint density at radius 3 is 2.24 bits per heavy atom. The number of fused-ring (bicyclic) bond motifs is 3. The minimum atomic E-state index is -0.417. The van der Waals surface area contributed by atoms with Gasteiger partial charge < -0.3 is 24.8 Å². The predicted molar refractivity (Wildman–Crippen MR) is 157 cm³/mol. The van der Waals surface area contributed by atoms with E-state index in [2.05, 4.69) is 10.3 Å². The highest BCUT2D eigenvalue weighted by Crippen LogP contribution is 2.34.